The van der Waals surface area contributed by atoms with Gasteiger partial charge in [-0.25, -0.2) is 4.98 Å². The molecule has 1 saturated heterocycles. The lowest BCUT2D eigenvalue weighted by atomic mass is 10.0. The van der Waals surface area contributed by atoms with Crippen LogP contribution in [0.2, 0.25) is 5.02 Å². The van der Waals surface area contributed by atoms with E-state index in [0.717, 1.165) is 57.8 Å². The highest BCUT2D eigenvalue weighted by Crippen LogP contribution is 2.33. The summed E-state index contributed by atoms with van der Waals surface area (Å²) in [5.74, 6) is 0.627. The van der Waals surface area contributed by atoms with E-state index >= 15 is 0 Å². The molecule has 4 aromatic rings. The third-order valence-corrected chi connectivity index (χ3v) is 7.10. The predicted molar refractivity (Wildman–Crippen MR) is 134 cm³/mol. The van der Waals surface area contributed by atoms with Crippen LogP contribution in [-0.4, -0.2) is 40.2 Å². The Kier molecular flexibility index (Phi) is 6.10. The van der Waals surface area contributed by atoms with Gasteiger partial charge in [0.25, 0.3) is 5.91 Å². The molecule has 33 heavy (non-hydrogen) atoms. The third-order valence-electron chi connectivity index (χ3n) is 5.99. The van der Waals surface area contributed by atoms with Crippen LogP contribution < -0.4 is 10.2 Å². The van der Waals surface area contributed by atoms with Crippen LogP contribution in [0.25, 0.3) is 21.3 Å². The van der Waals surface area contributed by atoms with E-state index in [1.165, 1.54) is 11.3 Å². The Balaban J connectivity index is 1.58. The summed E-state index contributed by atoms with van der Waals surface area (Å²) in [7, 11) is 0. The summed E-state index contributed by atoms with van der Waals surface area (Å²) in [4.78, 5) is 20.5. The Morgan fingerprint density at radius 3 is 2.67 bits per heavy atom. The Hall–Kier alpha value is -2.87. The van der Waals surface area contributed by atoms with Crippen molar-refractivity contribution in [2.24, 2.45) is 0 Å². The minimum absolute atomic E-state index is 0.0184. The minimum atomic E-state index is -0.0574. The smallest absolute Gasteiger partial charge is 0.259 e. The number of carbonyl (C=O) groups excluding carboxylic acids is 1. The van der Waals surface area contributed by atoms with Crippen LogP contribution in [0.5, 0.6) is 0 Å². The van der Waals surface area contributed by atoms with Gasteiger partial charge in [-0.3, -0.25) is 9.69 Å². The van der Waals surface area contributed by atoms with Gasteiger partial charge >= 0.3 is 0 Å². The number of hydrogen-bond donors (Lipinski definition) is 1. The average molecular weight is 478 g/mol. The van der Waals surface area contributed by atoms with Crippen LogP contribution in [0.4, 0.5) is 5.82 Å². The molecule has 0 bridgehead atoms. The fourth-order valence-electron chi connectivity index (χ4n) is 4.44. The van der Waals surface area contributed by atoms with Gasteiger partial charge in [0.2, 0.25) is 0 Å². The number of pyridine rings is 1. The number of piperidine rings is 1. The van der Waals surface area contributed by atoms with E-state index in [9.17, 15) is 4.79 Å². The SMILES string of the molecule is Cc1nnc(-c2ccc(C(=O)N(c3nccc4cc(Cl)cc(C)c34)C3CCCNC3)cc2)s1. The number of nitrogens with zero attached hydrogens (tertiary/aromatic N) is 4. The first-order valence-corrected chi connectivity index (χ1v) is 12.2. The Bertz CT molecular complexity index is 1310. The Morgan fingerprint density at radius 2 is 1.97 bits per heavy atom. The van der Waals surface area contributed by atoms with Gasteiger partial charge in [0.05, 0.1) is 6.04 Å². The fourth-order valence-corrected chi connectivity index (χ4v) is 5.42. The maximum Gasteiger partial charge on any atom is 0.259 e. The van der Waals surface area contributed by atoms with Crippen molar-refractivity contribution in [1.82, 2.24) is 20.5 Å². The Labute approximate surface area is 201 Å². The standard InChI is InChI=1S/C25H24ClN5OS/c1-15-12-20(26)13-19-9-11-28-23(22(15)19)31(21-4-3-10-27-14-21)25(32)18-7-5-17(6-8-18)24-30-29-16(2)33-24/h5-9,11-13,21,27H,3-4,10,14H2,1-2H3. The summed E-state index contributed by atoms with van der Waals surface area (Å²) < 4.78 is 0. The molecule has 1 aliphatic heterocycles. The molecular formula is C25H24ClN5OS. The first-order chi connectivity index (χ1) is 16.0. The normalized spacial score (nSPS) is 16.2. The maximum atomic E-state index is 13.9. The van der Waals surface area contributed by atoms with E-state index in [-0.39, 0.29) is 11.9 Å². The number of rotatable bonds is 4. The lowest BCUT2D eigenvalue weighted by Gasteiger charge is -2.35. The summed E-state index contributed by atoms with van der Waals surface area (Å²) in [6.07, 6.45) is 3.69. The minimum Gasteiger partial charge on any atom is -0.315 e. The van der Waals surface area contributed by atoms with Crippen molar-refractivity contribution in [3.63, 3.8) is 0 Å². The second-order valence-electron chi connectivity index (χ2n) is 8.33. The molecule has 1 atom stereocenters. The Morgan fingerprint density at radius 1 is 1.15 bits per heavy atom. The zero-order chi connectivity index (χ0) is 22.9. The molecule has 0 saturated carbocycles. The van der Waals surface area contributed by atoms with Gasteiger partial charge < -0.3 is 5.32 Å². The van der Waals surface area contributed by atoms with Crippen molar-refractivity contribution in [2.45, 2.75) is 32.7 Å². The first kappa shape index (κ1) is 21.9. The van der Waals surface area contributed by atoms with Crippen molar-refractivity contribution >= 4 is 45.4 Å². The molecule has 1 fully saturated rings. The summed E-state index contributed by atoms with van der Waals surface area (Å²) in [5.41, 5.74) is 2.58. The quantitative estimate of drug-likeness (QED) is 0.424. The molecule has 2 aromatic carbocycles. The average Bonchev–Trinajstić information content (AvgIpc) is 3.26. The van der Waals surface area contributed by atoms with Gasteiger partial charge in [0.1, 0.15) is 15.8 Å². The van der Waals surface area contributed by atoms with E-state index in [2.05, 4.69) is 15.5 Å². The monoisotopic (exact) mass is 477 g/mol. The lowest BCUT2D eigenvalue weighted by Crippen LogP contribution is -2.49. The number of nitrogens with one attached hydrogen (secondary N) is 1. The molecule has 168 valence electrons. The molecule has 0 aliphatic carbocycles. The highest BCUT2D eigenvalue weighted by atomic mass is 35.5. The van der Waals surface area contributed by atoms with Gasteiger partial charge in [-0.1, -0.05) is 35.1 Å². The van der Waals surface area contributed by atoms with Crippen LogP contribution >= 0.6 is 22.9 Å². The van der Waals surface area contributed by atoms with Gasteiger partial charge in [-0.05, 0) is 74.5 Å². The zero-order valence-corrected chi connectivity index (χ0v) is 20.1. The summed E-state index contributed by atoms with van der Waals surface area (Å²) in [6.45, 7) is 5.65. The van der Waals surface area contributed by atoms with Crippen LogP contribution in [0.3, 0.4) is 0 Å². The van der Waals surface area contributed by atoms with E-state index in [4.69, 9.17) is 16.6 Å². The number of carbonyl (C=O) groups is 1. The third kappa shape index (κ3) is 4.36. The lowest BCUT2D eigenvalue weighted by molar-refractivity contribution is 0.0972. The summed E-state index contributed by atoms with van der Waals surface area (Å²) in [6, 6.07) is 13.4. The number of benzene rings is 2. The topological polar surface area (TPSA) is 71.0 Å². The van der Waals surface area contributed by atoms with Gasteiger partial charge in [0.15, 0.2) is 0 Å². The zero-order valence-electron chi connectivity index (χ0n) is 18.5. The predicted octanol–water partition coefficient (Wildman–Crippen LogP) is 5.42. The van der Waals surface area contributed by atoms with E-state index < -0.39 is 0 Å². The highest BCUT2D eigenvalue weighted by Gasteiger charge is 2.30. The largest absolute Gasteiger partial charge is 0.315 e. The van der Waals surface area contributed by atoms with Crippen molar-refractivity contribution in [2.75, 3.05) is 18.0 Å². The van der Waals surface area contributed by atoms with Crippen molar-refractivity contribution in [3.05, 3.63) is 69.8 Å². The van der Waals surface area contributed by atoms with E-state index in [0.29, 0.717) is 16.4 Å². The second-order valence-corrected chi connectivity index (χ2v) is 9.95. The van der Waals surface area contributed by atoms with Crippen LogP contribution in [0.1, 0.15) is 33.8 Å². The number of anilines is 1. The number of fused-ring (bicyclic) bond motifs is 1. The molecule has 1 amide bonds. The molecule has 1 unspecified atom stereocenters. The maximum absolute atomic E-state index is 13.9. The van der Waals surface area contributed by atoms with Crippen LogP contribution in [-0.2, 0) is 0 Å². The first-order valence-electron chi connectivity index (χ1n) is 11.0. The molecule has 6 nitrogen and oxygen atoms in total. The number of aromatic nitrogens is 3. The summed E-state index contributed by atoms with van der Waals surface area (Å²) in [5, 5.41) is 16.1. The van der Waals surface area contributed by atoms with E-state index in [1.54, 1.807) is 6.20 Å². The number of halogens is 1. The van der Waals surface area contributed by atoms with Crippen molar-refractivity contribution in [3.8, 4) is 10.6 Å². The second kappa shape index (κ2) is 9.17. The molecule has 1 aliphatic rings. The molecule has 5 rings (SSSR count). The van der Waals surface area contributed by atoms with Crippen LogP contribution in [0.15, 0.2) is 48.7 Å². The summed E-state index contributed by atoms with van der Waals surface area (Å²) >= 11 is 7.85. The fraction of sp³-hybridized carbons (Fsp3) is 0.280. The number of hydrogen-bond acceptors (Lipinski definition) is 6. The number of aryl methyl sites for hydroxylation is 2. The molecule has 3 heterocycles. The molecule has 2 aromatic heterocycles. The highest BCUT2D eigenvalue weighted by molar-refractivity contribution is 7.14. The van der Waals surface area contributed by atoms with Crippen molar-refractivity contribution < 1.29 is 4.79 Å². The molecule has 8 heteroatoms. The molecule has 1 N–H and O–H groups in total. The van der Waals surface area contributed by atoms with Crippen LogP contribution in [0, 0.1) is 13.8 Å². The van der Waals surface area contributed by atoms with Gasteiger partial charge in [0, 0.05) is 34.3 Å². The molecule has 0 radical (unpaired) electrons. The van der Waals surface area contributed by atoms with Gasteiger partial charge in [-0.15, -0.1) is 10.2 Å². The van der Waals surface area contributed by atoms with Crippen molar-refractivity contribution in [1.29, 1.82) is 0 Å². The molecule has 0 spiro atoms. The molecular weight excluding hydrogens is 454 g/mol. The van der Waals surface area contributed by atoms with E-state index in [1.807, 2.05) is 61.2 Å². The van der Waals surface area contributed by atoms with Gasteiger partial charge in [-0.2, -0.15) is 0 Å². The number of amides is 1.